The molecule has 0 aliphatic heterocycles. The molecule has 0 aromatic heterocycles. The molecule has 0 fully saturated rings. The number of benzene rings is 1. The Morgan fingerprint density at radius 2 is 2.11 bits per heavy atom. The lowest BCUT2D eigenvalue weighted by atomic mass is 10.2. The summed E-state index contributed by atoms with van der Waals surface area (Å²) in [7, 11) is 1.60. The molecule has 0 amide bonds. The summed E-state index contributed by atoms with van der Waals surface area (Å²) in [4.78, 5) is 11.4. The van der Waals surface area contributed by atoms with Gasteiger partial charge in [-0.3, -0.25) is 0 Å². The summed E-state index contributed by atoms with van der Waals surface area (Å²) >= 11 is 0. The van der Waals surface area contributed by atoms with Crippen molar-refractivity contribution in [2.75, 3.05) is 13.7 Å². The molecule has 0 heterocycles. The standard InChI is InChI=1S/C15H16O3/c1-13(7-6-12-17-2)18-15(16)11-10-14-8-4-3-5-9-14/h3-9,13H,12H2,1-2H3/b7-6+. The number of esters is 1. The second kappa shape index (κ2) is 8.10. The quantitative estimate of drug-likeness (QED) is 0.462. The summed E-state index contributed by atoms with van der Waals surface area (Å²) in [5.41, 5.74) is 0.789. The number of methoxy groups -OCH3 is 1. The smallest absolute Gasteiger partial charge is 0.385 e. The lowest BCUT2D eigenvalue weighted by Gasteiger charge is -2.04. The van der Waals surface area contributed by atoms with E-state index in [2.05, 4.69) is 11.8 Å². The van der Waals surface area contributed by atoms with Gasteiger partial charge >= 0.3 is 5.97 Å². The van der Waals surface area contributed by atoms with Crippen LogP contribution in [-0.4, -0.2) is 25.8 Å². The van der Waals surface area contributed by atoms with Crippen molar-refractivity contribution >= 4 is 5.97 Å². The summed E-state index contributed by atoms with van der Waals surface area (Å²) in [6.45, 7) is 2.27. The number of carbonyl (C=O) groups excluding carboxylic acids is 1. The highest BCUT2D eigenvalue weighted by molar-refractivity contribution is 5.89. The lowest BCUT2D eigenvalue weighted by molar-refractivity contribution is -0.139. The van der Waals surface area contributed by atoms with Gasteiger partial charge in [0, 0.05) is 18.6 Å². The minimum atomic E-state index is -0.534. The van der Waals surface area contributed by atoms with E-state index in [0.29, 0.717) is 6.61 Å². The molecule has 1 rings (SSSR count). The van der Waals surface area contributed by atoms with Gasteiger partial charge in [0.2, 0.25) is 0 Å². The van der Waals surface area contributed by atoms with Gasteiger partial charge < -0.3 is 9.47 Å². The molecule has 0 radical (unpaired) electrons. The van der Waals surface area contributed by atoms with Crippen LogP contribution in [0.5, 0.6) is 0 Å². The fourth-order valence-corrected chi connectivity index (χ4v) is 1.23. The molecule has 0 bridgehead atoms. The SMILES string of the molecule is COC/C=C/C(C)OC(=O)C#Cc1ccccc1. The summed E-state index contributed by atoms with van der Waals surface area (Å²) < 4.78 is 9.91. The monoisotopic (exact) mass is 244 g/mol. The van der Waals surface area contributed by atoms with Gasteiger partial charge in [-0.15, -0.1) is 0 Å². The Labute approximate surface area is 107 Å². The number of ether oxygens (including phenoxy) is 2. The Bertz CT molecular complexity index is 452. The van der Waals surface area contributed by atoms with Crippen LogP contribution in [0.4, 0.5) is 0 Å². The first-order chi connectivity index (χ1) is 8.72. The van der Waals surface area contributed by atoms with E-state index in [9.17, 15) is 4.79 Å². The van der Waals surface area contributed by atoms with Crippen molar-refractivity contribution in [1.29, 1.82) is 0 Å². The zero-order valence-corrected chi connectivity index (χ0v) is 10.6. The first-order valence-corrected chi connectivity index (χ1v) is 5.65. The Hall–Kier alpha value is -2.05. The molecule has 1 atom stereocenters. The number of rotatable bonds is 4. The van der Waals surface area contributed by atoms with E-state index >= 15 is 0 Å². The van der Waals surface area contributed by atoms with Crippen LogP contribution >= 0.6 is 0 Å². The van der Waals surface area contributed by atoms with Crippen LogP contribution in [0.15, 0.2) is 42.5 Å². The minimum absolute atomic E-state index is 0.308. The molecule has 0 aliphatic rings. The van der Waals surface area contributed by atoms with Gasteiger partial charge in [-0.2, -0.15) is 0 Å². The third kappa shape index (κ3) is 5.88. The van der Waals surface area contributed by atoms with Crippen molar-refractivity contribution in [3.8, 4) is 11.8 Å². The third-order valence-corrected chi connectivity index (χ3v) is 2.05. The predicted octanol–water partition coefficient (Wildman–Crippen LogP) is 2.17. The topological polar surface area (TPSA) is 35.5 Å². The Balaban J connectivity index is 2.45. The molecule has 1 aromatic rings. The summed E-state index contributed by atoms with van der Waals surface area (Å²) in [6, 6.07) is 9.30. The summed E-state index contributed by atoms with van der Waals surface area (Å²) in [5, 5.41) is 0. The molecule has 0 saturated heterocycles. The highest BCUT2D eigenvalue weighted by Crippen LogP contribution is 1.96. The molecule has 3 nitrogen and oxygen atoms in total. The molecule has 1 unspecified atom stereocenters. The second-order valence-electron chi connectivity index (χ2n) is 3.61. The molecule has 94 valence electrons. The molecule has 0 saturated carbocycles. The average Bonchev–Trinajstić information content (AvgIpc) is 2.38. The fraction of sp³-hybridized carbons (Fsp3) is 0.267. The van der Waals surface area contributed by atoms with Gasteiger partial charge in [0.05, 0.1) is 6.61 Å². The zero-order chi connectivity index (χ0) is 13.2. The van der Waals surface area contributed by atoms with E-state index in [0.717, 1.165) is 5.56 Å². The van der Waals surface area contributed by atoms with Crippen molar-refractivity contribution in [2.24, 2.45) is 0 Å². The Morgan fingerprint density at radius 1 is 1.39 bits per heavy atom. The van der Waals surface area contributed by atoms with Gasteiger partial charge in [-0.1, -0.05) is 30.2 Å². The molecule has 0 spiro atoms. The van der Waals surface area contributed by atoms with E-state index in [4.69, 9.17) is 9.47 Å². The van der Waals surface area contributed by atoms with Gasteiger partial charge in [0.1, 0.15) is 6.10 Å². The van der Waals surface area contributed by atoms with Crippen LogP contribution in [-0.2, 0) is 14.3 Å². The van der Waals surface area contributed by atoms with Crippen LogP contribution in [0.3, 0.4) is 0 Å². The Morgan fingerprint density at radius 3 is 2.78 bits per heavy atom. The van der Waals surface area contributed by atoms with E-state index in [-0.39, 0.29) is 6.10 Å². The molecular weight excluding hydrogens is 228 g/mol. The minimum Gasteiger partial charge on any atom is -0.449 e. The van der Waals surface area contributed by atoms with Crippen molar-refractivity contribution in [2.45, 2.75) is 13.0 Å². The van der Waals surface area contributed by atoms with E-state index in [1.54, 1.807) is 26.2 Å². The molecule has 0 aliphatic carbocycles. The van der Waals surface area contributed by atoms with Crippen LogP contribution in [0.2, 0.25) is 0 Å². The van der Waals surface area contributed by atoms with Crippen LogP contribution in [0, 0.1) is 11.8 Å². The van der Waals surface area contributed by atoms with Crippen LogP contribution < -0.4 is 0 Å². The van der Waals surface area contributed by atoms with Crippen molar-refractivity contribution in [3.05, 3.63) is 48.0 Å². The van der Waals surface area contributed by atoms with E-state index in [1.165, 1.54) is 0 Å². The van der Waals surface area contributed by atoms with Crippen LogP contribution in [0.1, 0.15) is 12.5 Å². The highest BCUT2D eigenvalue weighted by Gasteiger charge is 2.02. The zero-order valence-electron chi connectivity index (χ0n) is 10.6. The normalized spacial score (nSPS) is 11.7. The summed E-state index contributed by atoms with van der Waals surface area (Å²) in [5.74, 6) is 4.65. The maximum Gasteiger partial charge on any atom is 0.385 e. The van der Waals surface area contributed by atoms with Crippen molar-refractivity contribution < 1.29 is 14.3 Å². The number of hydrogen-bond acceptors (Lipinski definition) is 3. The van der Waals surface area contributed by atoms with Gasteiger partial charge in [-0.25, -0.2) is 4.79 Å². The maximum atomic E-state index is 11.4. The molecule has 3 heteroatoms. The fourth-order valence-electron chi connectivity index (χ4n) is 1.23. The molecule has 0 N–H and O–H groups in total. The van der Waals surface area contributed by atoms with E-state index in [1.807, 2.05) is 30.3 Å². The maximum absolute atomic E-state index is 11.4. The second-order valence-corrected chi connectivity index (χ2v) is 3.61. The molecule has 1 aromatic carbocycles. The largest absolute Gasteiger partial charge is 0.449 e. The predicted molar refractivity (Wildman–Crippen MR) is 69.9 cm³/mol. The molecular formula is C15H16O3. The van der Waals surface area contributed by atoms with Gasteiger partial charge in [0.15, 0.2) is 0 Å². The highest BCUT2D eigenvalue weighted by atomic mass is 16.5. The van der Waals surface area contributed by atoms with Crippen molar-refractivity contribution in [1.82, 2.24) is 0 Å². The lowest BCUT2D eigenvalue weighted by Crippen LogP contribution is -2.10. The first kappa shape index (κ1) is 14.0. The van der Waals surface area contributed by atoms with Gasteiger partial charge in [-0.05, 0) is 25.1 Å². The average molecular weight is 244 g/mol. The number of hydrogen-bond donors (Lipinski definition) is 0. The summed E-state index contributed by atoms with van der Waals surface area (Å²) in [6.07, 6.45) is 3.24. The van der Waals surface area contributed by atoms with E-state index < -0.39 is 5.97 Å². The van der Waals surface area contributed by atoms with Crippen molar-refractivity contribution in [3.63, 3.8) is 0 Å². The number of carbonyl (C=O) groups is 1. The Kier molecular flexibility index (Phi) is 6.31. The van der Waals surface area contributed by atoms with Gasteiger partial charge in [0.25, 0.3) is 0 Å². The molecule has 18 heavy (non-hydrogen) atoms. The first-order valence-electron chi connectivity index (χ1n) is 5.65. The third-order valence-electron chi connectivity index (χ3n) is 2.05. The van der Waals surface area contributed by atoms with Crippen LogP contribution in [0.25, 0.3) is 0 Å².